The fourth-order valence-corrected chi connectivity index (χ4v) is 12.9. The summed E-state index contributed by atoms with van der Waals surface area (Å²) in [7, 11) is -4.50. The second-order valence-electron chi connectivity index (χ2n) is 21.6. The summed E-state index contributed by atoms with van der Waals surface area (Å²) >= 11 is 0. The van der Waals surface area contributed by atoms with Gasteiger partial charge >= 0.3 is 0 Å². The van der Waals surface area contributed by atoms with Crippen molar-refractivity contribution in [2.24, 2.45) is 16.5 Å². The molecule has 2 aromatic heterocycles. The minimum absolute atomic E-state index is 0.0116. The number of piperidine rings is 1. The SMILES string of the molecule is CC(C)c1ccccc1[C@@H]1CCC[C@@H]1N1CC2(CCN(c3ccc(C(=O)NS(=O)(=O)c4ccc(NC[C@H]5CC[C@](C)(O)CC5)c(N=O)c4)c(Oc4cc5cc[nH]c5nc4OCCN4CCOCC4)c3)CC2)C1. The third-order valence-corrected chi connectivity index (χ3v) is 17.6. The van der Waals surface area contributed by atoms with E-state index in [1.807, 2.05) is 25.1 Å². The third kappa shape index (κ3) is 11.0. The Kier molecular flexibility index (Phi) is 14.6. The highest BCUT2D eigenvalue weighted by molar-refractivity contribution is 7.90. The molecule has 5 aliphatic rings. The Bertz CT molecular complexity index is 2840. The number of ether oxygens (including phenoxy) is 3. The third-order valence-electron chi connectivity index (χ3n) is 16.2. The van der Waals surface area contributed by atoms with Gasteiger partial charge in [-0.1, -0.05) is 44.5 Å². The van der Waals surface area contributed by atoms with Crippen molar-refractivity contribution in [2.45, 2.75) is 107 Å². The van der Waals surface area contributed by atoms with Crippen molar-refractivity contribution in [2.75, 3.05) is 82.4 Å². The van der Waals surface area contributed by atoms with E-state index in [0.717, 1.165) is 82.1 Å². The van der Waals surface area contributed by atoms with E-state index >= 15 is 0 Å². The summed E-state index contributed by atoms with van der Waals surface area (Å²) < 4.78 is 48.7. The van der Waals surface area contributed by atoms with Crippen LogP contribution < -0.4 is 24.4 Å². The predicted octanol–water partition coefficient (Wildman–Crippen LogP) is 9.30. The van der Waals surface area contributed by atoms with Crippen molar-refractivity contribution in [3.63, 3.8) is 0 Å². The minimum atomic E-state index is -4.50. The van der Waals surface area contributed by atoms with Crippen LogP contribution in [0.4, 0.5) is 17.1 Å². The standard InChI is InChI=1S/C55H70N8O8S/c1-37(2)42-7-4-5-8-43(42)44-9-6-10-48(44)63-35-55(36-63)20-23-62(24-21-55)40-11-13-45(49(32-40)71-50-31-39-17-22-56-51(39)58-53(50)70-30-27-61-25-28-69-29-26-61)52(64)60-72(67,68)41-12-14-46(47(33-41)59-66)57-34-38-15-18-54(3,65)19-16-38/h4-5,7-8,11-14,17,22,31-33,37-38,44,48,57,65H,6,9-10,15-16,18-21,23-30,34-36H2,1-3H3,(H,56,58)(H,60,64)/t38-,44-,48-,54-/m0/s1. The predicted molar refractivity (Wildman–Crippen MR) is 279 cm³/mol. The molecule has 16 nitrogen and oxygen atoms in total. The number of morpholine rings is 1. The number of H-pyrrole nitrogens is 1. The minimum Gasteiger partial charge on any atom is -0.474 e. The number of sulfonamides is 1. The molecule has 4 N–H and O–H groups in total. The van der Waals surface area contributed by atoms with Crippen LogP contribution in [0, 0.1) is 16.2 Å². The Morgan fingerprint density at radius 2 is 1.72 bits per heavy atom. The van der Waals surface area contributed by atoms with Gasteiger partial charge in [-0.2, -0.15) is 4.98 Å². The summed E-state index contributed by atoms with van der Waals surface area (Å²) in [6, 6.07) is 22.6. The van der Waals surface area contributed by atoms with Crippen molar-refractivity contribution in [3.8, 4) is 17.4 Å². The molecule has 3 aromatic carbocycles. The molecule has 0 radical (unpaired) electrons. The van der Waals surface area contributed by atoms with Crippen LogP contribution in [0.15, 0.2) is 89.1 Å². The van der Waals surface area contributed by atoms with Crippen molar-refractivity contribution < 1.29 is 32.5 Å². The zero-order chi connectivity index (χ0) is 50.0. The van der Waals surface area contributed by atoms with Crippen molar-refractivity contribution in [1.82, 2.24) is 24.5 Å². The van der Waals surface area contributed by atoms with E-state index in [0.29, 0.717) is 75.0 Å². The second kappa shape index (κ2) is 21.1. The number of carbonyl (C=O) groups is 1. The maximum absolute atomic E-state index is 14.3. The van der Waals surface area contributed by atoms with Gasteiger partial charge in [-0.15, -0.1) is 4.91 Å². The number of aromatic amines is 1. The molecular formula is C55H70N8O8S. The Hall–Kier alpha value is -5.59. The molecule has 1 amide bonds. The summed E-state index contributed by atoms with van der Waals surface area (Å²) in [5.41, 5.74) is 4.33. The maximum Gasteiger partial charge on any atom is 0.268 e. The van der Waals surface area contributed by atoms with Gasteiger partial charge < -0.3 is 34.5 Å². The van der Waals surface area contributed by atoms with E-state index in [-0.39, 0.29) is 44.9 Å². The monoisotopic (exact) mass is 1000 g/mol. The first kappa shape index (κ1) is 50.0. The molecule has 17 heteroatoms. The Morgan fingerprint density at radius 3 is 2.49 bits per heavy atom. The second-order valence-corrected chi connectivity index (χ2v) is 23.3. The van der Waals surface area contributed by atoms with E-state index in [4.69, 9.17) is 19.2 Å². The zero-order valence-electron chi connectivity index (χ0n) is 41.9. The number of fused-ring (bicyclic) bond motifs is 1. The number of amides is 1. The van der Waals surface area contributed by atoms with Gasteiger partial charge in [-0.3, -0.25) is 14.6 Å². The summed E-state index contributed by atoms with van der Waals surface area (Å²) in [6.45, 7) is 14.7. The van der Waals surface area contributed by atoms with Gasteiger partial charge in [-0.25, -0.2) is 13.1 Å². The van der Waals surface area contributed by atoms with Crippen LogP contribution in [0.2, 0.25) is 0 Å². The van der Waals surface area contributed by atoms with Gasteiger partial charge in [0.2, 0.25) is 0 Å². The fraction of sp³-hybridized carbons (Fsp3) is 0.527. The average Bonchev–Trinajstić information content (AvgIpc) is 4.05. The number of aromatic nitrogens is 2. The molecule has 0 bridgehead atoms. The van der Waals surface area contributed by atoms with Gasteiger partial charge in [0.1, 0.15) is 23.7 Å². The normalized spacial score (nSPS) is 23.8. The van der Waals surface area contributed by atoms with Crippen LogP contribution in [0.5, 0.6) is 17.4 Å². The zero-order valence-corrected chi connectivity index (χ0v) is 42.7. The number of anilines is 2. The number of carbonyl (C=O) groups excluding carboxylic acids is 1. The highest BCUT2D eigenvalue weighted by Gasteiger charge is 2.49. The number of benzene rings is 3. The lowest BCUT2D eigenvalue weighted by Crippen LogP contribution is -2.63. The number of nitrogens with one attached hydrogen (secondary N) is 3. The van der Waals surface area contributed by atoms with Gasteiger partial charge in [0.15, 0.2) is 5.75 Å². The van der Waals surface area contributed by atoms with Crippen molar-refractivity contribution >= 4 is 44.0 Å². The number of rotatable bonds is 17. The smallest absolute Gasteiger partial charge is 0.268 e. The first-order chi connectivity index (χ1) is 34.7. The molecule has 1 spiro atoms. The summed E-state index contributed by atoms with van der Waals surface area (Å²) in [5.74, 6) is 1.08. The number of hydrogen-bond acceptors (Lipinski definition) is 14. The topological polar surface area (TPSA) is 191 Å². The van der Waals surface area contributed by atoms with E-state index in [9.17, 15) is 23.2 Å². The van der Waals surface area contributed by atoms with Crippen molar-refractivity contribution in [1.29, 1.82) is 0 Å². The van der Waals surface area contributed by atoms with Crippen molar-refractivity contribution in [3.05, 3.63) is 101 Å². The lowest BCUT2D eigenvalue weighted by molar-refractivity contribution is -0.0493. The average molecular weight is 1000 g/mol. The molecule has 5 aromatic rings. The first-order valence-electron chi connectivity index (χ1n) is 26.1. The van der Waals surface area contributed by atoms with Gasteiger partial charge in [0.05, 0.1) is 35.0 Å². The summed E-state index contributed by atoms with van der Waals surface area (Å²) in [4.78, 5) is 41.4. The quantitative estimate of drug-likeness (QED) is 0.0646. The van der Waals surface area contributed by atoms with Crippen LogP contribution in [-0.2, 0) is 14.8 Å². The Balaban J connectivity index is 0.870. The molecule has 3 aliphatic heterocycles. The van der Waals surface area contributed by atoms with E-state index in [1.54, 1.807) is 18.3 Å². The van der Waals surface area contributed by atoms with Crippen LogP contribution in [-0.4, -0.2) is 123 Å². The molecular weight excluding hydrogens is 933 g/mol. The van der Waals surface area contributed by atoms with Gasteiger partial charge in [-0.05, 0) is 140 Å². The summed E-state index contributed by atoms with van der Waals surface area (Å²) in [6.07, 6.45) is 10.6. The number of hydrogen-bond donors (Lipinski definition) is 4. The molecule has 2 atom stereocenters. The summed E-state index contributed by atoms with van der Waals surface area (Å²) in [5, 5.41) is 17.5. The maximum atomic E-state index is 14.3. The Morgan fingerprint density at radius 1 is 0.944 bits per heavy atom. The van der Waals surface area contributed by atoms with Crippen LogP contribution in [0.25, 0.3) is 11.0 Å². The van der Waals surface area contributed by atoms with Crippen LogP contribution >= 0.6 is 0 Å². The van der Waals surface area contributed by atoms with Crippen LogP contribution in [0.3, 0.4) is 0 Å². The lowest BCUT2D eigenvalue weighted by Gasteiger charge is -2.57. The molecule has 3 saturated heterocycles. The van der Waals surface area contributed by atoms with Crippen LogP contribution in [0.1, 0.15) is 112 Å². The first-order valence-corrected chi connectivity index (χ1v) is 27.6. The number of nitroso groups, excluding NO2 is 1. The molecule has 384 valence electrons. The highest BCUT2D eigenvalue weighted by atomic mass is 32.2. The van der Waals surface area contributed by atoms with E-state index in [1.165, 1.54) is 42.5 Å². The number of pyridine rings is 1. The fourth-order valence-electron chi connectivity index (χ4n) is 11.9. The number of nitrogens with zero attached hydrogens (tertiary/aromatic N) is 5. The molecule has 2 aliphatic carbocycles. The lowest BCUT2D eigenvalue weighted by atomic mass is 9.70. The molecule has 0 unspecified atom stereocenters. The molecule has 72 heavy (non-hydrogen) atoms. The van der Waals surface area contributed by atoms with Gasteiger partial charge in [0, 0.05) is 81.7 Å². The Labute approximate surface area is 423 Å². The molecule has 2 saturated carbocycles. The van der Waals surface area contributed by atoms with Gasteiger partial charge in [0.25, 0.3) is 21.8 Å². The van der Waals surface area contributed by atoms with E-state index in [2.05, 4.69) is 73.0 Å². The highest BCUT2D eigenvalue weighted by Crippen LogP contribution is 2.49. The number of aliphatic hydroxyl groups is 1. The van der Waals surface area contributed by atoms with E-state index < -0.39 is 21.5 Å². The molecule has 5 fully saturated rings. The molecule has 5 heterocycles. The molecule has 10 rings (SSSR count). The largest absolute Gasteiger partial charge is 0.474 e. The number of likely N-dealkylation sites (tertiary alicyclic amines) is 1.